The topological polar surface area (TPSA) is 47.6 Å². The van der Waals surface area contributed by atoms with Crippen LogP contribution in [-0.4, -0.2) is 25.4 Å². The molecule has 0 unspecified atom stereocenters. The van der Waals surface area contributed by atoms with Crippen molar-refractivity contribution in [2.75, 3.05) is 18.5 Å². The highest BCUT2D eigenvalue weighted by Gasteiger charge is 2.28. The van der Waals surface area contributed by atoms with E-state index in [0.717, 1.165) is 0 Å². The summed E-state index contributed by atoms with van der Waals surface area (Å²) in [5.41, 5.74) is 1.36. The Labute approximate surface area is 147 Å². The second-order valence-corrected chi connectivity index (χ2v) is 5.42. The number of carbonyl (C=O) groups excluding carboxylic acids is 1. The summed E-state index contributed by atoms with van der Waals surface area (Å²) in [6.07, 6.45) is -4.49. The fraction of sp³-hybridized carbons (Fsp3) is 0.278. The van der Waals surface area contributed by atoms with Gasteiger partial charge >= 0.3 is 12.1 Å². The summed E-state index contributed by atoms with van der Waals surface area (Å²) in [5, 5.41) is 2.92. The van der Waals surface area contributed by atoms with Crippen LogP contribution in [0.15, 0.2) is 36.4 Å². The second-order valence-electron chi connectivity index (χ2n) is 5.42. The summed E-state index contributed by atoms with van der Waals surface area (Å²) in [6.45, 7) is 1.97. The number of esters is 1. The zero-order valence-corrected chi connectivity index (χ0v) is 14.1. The largest absolute Gasteiger partial charge is 0.484 e. The summed E-state index contributed by atoms with van der Waals surface area (Å²) in [7, 11) is 0. The maximum atomic E-state index is 13.2. The van der Waals surface area contributed by atoms with Crippen molar-refractivity contribution in [3.05, 3.63) is 53.3 Å². The first-order valence-corrected chi connectivity index (χ1v) is 7.73. The fourth-order valence-electron chi connectivity index (χ4n) is 2.18. The third-order valence-electron chi connectivity index (χ3n) is 3.35. The molecule has 0 saturated carbocycles. The predicted molar refractivity (Wildman–Crippen MR) is 88.4 cm³/mol. The molecule has 26 heavy (non-hydrogen) atoms. The lowest BCUT2D eigenvalue weighted by Gasteiger charge is -2.16. The maximum Gasteiger partial charge on any atom is 0.422 e. The van der Waals surface area contributed by atoms with Gasteiger partial charge in [0.1, 0.15) is 11.6 Å². The summed E-state index contributed by atoms with van der Waals surface area (Å²) >= 11 is 0. The average molecular weight is 371 g/mol. The van der Waals surface area contributed by atoms with E-state index in [0.29, 0.717) is 11.3 Å². The molecule has 0 aliphatic heterocycles. The molecule has 2 rings (SSSR count). The number of ether oxygens (including phenoxy) is 2. The number of benzene rings is 2. The Morgan fingerprint density at radius 1 is 1.12 bits per heavy atom. The van der Waals surface area contributed by atoms with E-state index in [-0.39, 0.29) is 23.6 Å². The maximum absolute atomic E-state index is 13.2. The first kappa shape index (κ1) is 19.6. The summed E-state index contributed by atoms with van der Waals surface area (Å²) in [5.74, 6) is -1.14. The monoisotopic (exact) mass is 371 g/mol. The van der Waals surface area contributed by atoms with Gasteiger partial charge in [-0.2, -0.15) is 13.2 Å². The molecule has 0 radical (unpaired) electrons. The molecule has 0 spiro atoms. The van der Waals surface area contributed by atoms with Gasteiger partial charge in [0, 0.05) is 11.8 Å². The molecule has 0 aliphatic carbocycles. The number of aryl methyl sites for hydroxylation is 1. The Morgan fingerprint density at radius 3 is 2.46 bits per heavy atom. The van der Waals surface area contributed by atoms with Crippen LogP contribution in [0.25, 0.3) is 0 Å². The number of alkyl halides is 3. The molecule has 0 bridgehead atoms. The Kier molecular flexibility index (Phi) is 6.07. The van der Waals surface area contributed by atoms with Gasteiger partial charge in [-0.1, -0.05) is 0 Å². The summed E-state index contributed by atoms with van der Waals surface area (Å²) in [6, 6.07) is 7.80. The lowest BCUT2D eigenvalue weighted by molar-refractivity contribution is -0.153. The van der Waals surface area contributed by atoms with Crippen molar-refractivity contribution in [1.82, 2.24) is 0 Å². The molecule has 0 aromatic heterocycles. The van der Waals surface area contributed by atoms with Gasteiger partial charge in [-0.05, 0) is 49.7 Å². The summed E-state index contributed by atoms with van der Waals surface area (Å²) in [4.78, 5) is 12.1. The van der Waals surface area contributed by atoms with Crippen molar-refractivity contribution in [3.8, 4) is 5.75 Å². The highest BCUT2D eigenvalue weighted by atomic mass is 19.4. The molecule has 140 valence electrons. The number of hydrogen-bond acceptors (Lipinski definition) is 4. The molecule has 8 heteroatoms. The molecular formula is C18H17F4NO3. The fourth-order valence-corrected chi connectivity index (χ4v) is 2.18. The van der Waals surface area contributed by atoms with Crippen molar-refractivity contribution < 1.29 is 31.8 Å². The van der Waals surface area contributed by atoms with Crippen molar-refractivity contribution >= 4 is 17.3 Å². The van der Waals surface area contributed by atoms with Crippen LogP contribution >= 0.6 is 0 Å². The van der Waals surface area contributed by atoms with Crippen molar-refractivity contribution in [2.24, 2.45) is 0 Å². The van der Waals surface area contributed by atoms with E-state index in [1.54, 1.807) is 13.8 Å². The van der Waals surface area contributed by atoms with E-state index in [1.165, 1.54) is 36.4 Å². The van der Waals surface area contributed by atoms with Crippen molar-refractivity contribution in [3.63, 3.8) is 0 Å². The number of rotatable bonds is 6. The quantitative estimate of drug-likeness (QED) is 0.574. The third-order valence-corrected chi connectivity index (χ3v) is 3.35. The normalized spacial score (nSPS) is 11.2. The Morgan fingerprint density at radius 2 is 1.85 bits per heavy atom. The zero-order valence-electron chi connectivity index (χ0n) is 14.1. The van der Waals surface area contributed by atoms with Crippen LogP contribution < -0.4 is 10.1 Å². The number of halogens is 4. The van der Waals surface area contributed by atoms with Gasteiger partial charge in [-0.15, -0.1) is 0 Å². The van der Waals surface area contributed by atoms with Gasteiger partial charge < -0.3 is 14.8 Å². The SMILES string of the molecule is CCOC(=O)c1ccc(OCC(F)(F)F)cc1Nc1ccc(F)cc1C. The predicted octanol–water partition coefficient (Wildman–Crippen LogP) is 5.00. The van der Waals surface area contributed by atoms with Gasteiger partial charge in [0.2, 0.25) is 0 Å². The Hall–Kier alpha value is -2.77. The molecule has 2 aromatic carbocycles. The number of anilines is 2. The molecule has 2 aromatic rings. The van der Waals surface area contributed by atoms with Gasteiger partial charge in [0.25, 0.3) is 0 Å². The van der Waals surface area contributed by atoms with E-state index in [2.05, 4.69) is 5.32 Å². The van der Waals surface area contributed by atoms with Gasteiger partial charge in [0.15, 0.2) is 6.61 Å². The molecule has 0 amide bonds. The van der Waals surface area contributed by atoms with Crippen LogP contribution in [0.1, 0.15) is 22.8 Å². The minimum Gasteiger partial charge on any atom is -0.484 e. The smallest absolute Gasteiger partial charge is 0.422 e. The lowest BCUT2D eigenvalue weighted by atomic mass is 10.1. The average Bonchev–Trinajstić information content (AvgIpc) is 2.55. The number of hydrogen-bond donors (Lipinski definition) is 1. The standard InChI is InChI=1S/C18H17F4NO3/c1-3-25-17(24)14-6-5-13(26-10-18(20,21)22)9-16(14)23-15-7-4-12(19)8-11(15)2/h4-9,23H,3,10H2,1-2H3. The minimum absolute atomic E-state index is 0.0716. The van der Waals surface area contributed by atoms with E-state index in [9.17, 15) is 22.4 Å². The van der Waals surface area contributed by atoms with Crippen LogP contribution in [0, 0.1) is 12.7 Å². The third kappa shape index (κ3) is 5.37. The number of nitrogens with one attached hydrogen (secondary N) is 1. The minimum atomic E-state index is -4.49. The van der Waals surface area contributed by atoms with Crippen LogP contribution in [0.5, 0.6) is 5.75 Å². The van der Waals surface area contributed by atoms with Crippen LogP contribution in [0.4, 0.5) is 28.9 Å². The highest BCUT2D eigenvalue weighted by molar-refractivity contribution is 5.97. The first-order chi connectivity index (χ1) is 12.2. The Bertz CT molecular complexity index is 790. The molecule has 0 fully saturated rings. The molecule has 0 atom stereocenters. The molecule has 1 N–H and O–H groups in total. The molecule has 4 nitrogen and oxygen atoms in total. The molecular weight excluding hydrogens is 354 g/mol. The van der Waals surface area contributed by atoms with Gasteiger partial charge in [0.05, 0.1) is 17.9 Å². The van der Waals surface area contributed by atoms with Crippen LogP contribution in [-0.2, 0) is 4.74 Å². The van der Waals surface area contributed by atoms with E-state index < -0.39 is 24.6 Å². The molecule has 0 aliphatic rings. The van der Waals surface area contributed by atoms with Crippen molar-refractivity contribution in [1.29, 1.82) is 0 Å². The highest BCUT2D eigenvalue weighted by Crippen LogP contribution is 2.29. The number of carbonyl (C=O) groups is 1. The van der Waals surface area contributed by atoms with E-state index in [4.69, 9.17) is 9.47 Å². The van der Waals surface area contributed by atoms with E-state index >= 15 is 0 Å². The second kappa shape index (κ2) is 8.07. The first-order valence-electron chi connectivity index (χ1n) is 7.73. The van der Waals surface area contributed by atoms with Crippen LogP contribution in [0.3, 0.4) is 0 Å². The van der Waals surface area contributed by atoms with Crippen LogP contribution in [0.2, 0.25) is 0 Å². The lowest BCUT2D eigenvalue weighted by Crippen LogP contribution is -2.19. The van der Waals surface area contributed by atoms with Gasteiger partial charge in [-0.3, -0.25) is 0 Å². The van der Waals surface area contributed by atoms with E-state index in [1.807, 2.05) is 0 Å². The summed E-state index contributed by atoms with van der Waals surface area (Å²) < 4.78 is 59.9. The van der Waals surface area contributed by atoms with Gasteiger partial charge in [-0.25, -0.2) is 9.18 Å². The zero-order chi connectivity index (χ0) is 19.3. The molecule has 0 saturated heterocycles. The van der Waals surface area contributed by atoms with Crippen molar-refractivity contribution in [2.45, 2.75) is 20.0 Å². The Balaban J connectivity index is 2.35. The molecule has 0 heterocycles.